The monoisotopic (exact) mass is 524 g/mol. The highest BCUT2D eigenvalue weighted by molar-refractivity contribution is 6.08. The van der Waals surface area contributed by atoms with Crippen molar-refractivity contribution in [2.45, 2.75) is 45.7 Å². The molecule has 0 bridgehead atoms. The van der Waals surface area contributed by atoms with Gasteiger partial charge in [0, 0.05) is 35.8 Å². The summed E-state index contributed by atoms with van der Waals surface area (Å²) in [6.45, 7) is 4.73. The Kier molecular flexibility index (Phi) is 6.34. The van der Waals surface area contributed by atoms with Crippen LogP contribution in [0.4, 0.5) is 10.3 Å². The van der Waals surface area contributed by atoms with Crippen molar-refractivity contribution in [3.63, 3.8) is 0 Å². The Bertz CT molecular complexity index is 1720. The molecule has 6 rings (SSSR count). The number of carbonyl (C=O) groups is 2. The lowest BCUT2D eigenvalue weighted by Crippen LogP contribution is -2.26. The molecule has 3 aromatic heterocycles. The van der Waals surface area contributed by atoms with Gasteiger partial charge < -0.3 is 9.88 Å². The summed E-state index contributed by atoms with van der Waals surface area (Å²) in [6.07, 6.45) is 6.45. The van der Waals surface area contributed by atoms with Crippen molar-refractivity contribution in [3.05, 3.63) is 83.9 Å². The Hall–Kier alpha value is -4.53. The number of nitrogens with one attached hydrogen (secondary N) is 2. The van der Waals surface area contributed by atoms with Gasteiger partial charge in [0.15, 0.2) is 5.65 Å². The lowest BCUT2D eigenvalue weighted by Gasteiger charge is -2.14. The number of rotatable bonds is 8. The smallest absolute Gasteiger partial charge is 0.253 e. The number of hydrogen-bond donors (Lipinski definition) is 2. The quantitative estimate of drug-likeness (QED) is 0.271. The van der Waals surface area contributed by atoms with E-state index in [0.717, 1.165) is 47.8 Å². The number of nitrogens with zero attached hydrogens (tertiary/aromatic N) is 4. The van der Waals surface area contributed by atoms with Crippen LogP contribution in [-0.2, 0) is 11.3 Å². The number of pyridine rings is 1. The number of fused-ring (bicyclic) bond motifs is 2. The van der Waals surface area contributed by atoms with Crippen LogP contribution in [0.2, 0.25) is 0 Å². The van der Waals surface area contributed by atoms with Crippen LogP contribution >= 0.6 is 0 Å². The van der Waals surface area contributed by atoms with Crippen LogP contribution in [-0.4, -0.2) is 31.0 Å². The second-order valence-electron chi connectivity index (χ2n) is 10.1. The fraction of sp³-hybridized carbons (Fsp3) is 0.267. The Balaban J connectivity index is 1.32. The Labute approximate surface area is 224 Å². The normalized spacial score (nSPS) is 14.0. The van der Waals surface area contributed by atoms with Crippen LogP contribution in [0, 0.1) is 11.7 Å². The summed E-state index contributed by atoms with van der Waals surface area (Å²) >= 11 is 0. The molecule has 1 saturated carbocycles. The van der Waals surface area contributed by atoms with Gasteiger partial charge in [0.05, 0.1) is 11.6 Å². The van der Waals surface area contributed by atoms with E-state index < -0.39 is 0 Å². The van der Waals surface area contributed by atoms with Crippen LogP contribution in [0.15, 0.2) is 67.0 Å². The molecule has 0 aliphatic heterocycles. The summed E-state index contributed by atoms with van der Waals surface area (Å²) in [7, 11) is 0. The summed E-state index contributed by atoms with van der Waals surface area (Å²) in [5.74, 6) is -0.219. The number of halogens is 1. The summed E-state index contributed by atoms with van der Waals surface area (Å²) in [6, 6.07) is 15.8. The predicted octanol–water partition coefficient (Wildman–Crippen LogP) is 5.74. The first-order valence-corrected chi connectivity index (χ1v) is 13.3. The van der Waals surface area contributed by atoms with E-state index in [2.05, 4.69) is 32.2 Å². The number of carbonyl (C=O) groups excluding carboxylic acids is 2. The van der Waals surface area contributed by atoms with E-state index in [1.807, 2.05) is 49.6 Å². The lowest BCUT2D eigenvalue weighted by atomic mass is 10.0. The molecule has 2 amide bonds. The zero-order valence-electron chi connectivity index (χ0n) is 21.8. The second kappa shape index (κ2) is 9.98. The van der Waals surface area contributed by atoms with Crippen molar-refractivity contribution in [2.24, 2.45) is 5.92 Å². The molecule has 0 radical (unpaired) electrons. The molecule has 1 fully saturated rings. The molecule has 1 aliphatic rings. The van der Waals surface area contributed by atoms with Crippen molar-refractivity contribution < 1.29 is 14.0 Å². The summed E-state index contributed by atoms with van der Waals surface area (Å²) in [5, 5.41) is 11.0. The van der Waals surface area contributed by atoms with E-state index in [4.69, 9.17) is 0 Å². The summed E-state index contributed by atoms with van der Waals surface area (Å²) < 4.78 is 17.5. The molecule has 2 N–H and O–H groups in total. The topological polar surface area (TPSA) is 93.3 Å². The van der Waals surface area contributed by atoms with E-state index in [1.54, 1.807) is 16.6 Å². The van der Waals surface area contributed by atoms with Gasteiger partial charge in [0.25, 0.3) is 5.91 Å². The molecule has 3 heterocycles. The third-order valence-corrected chi connectivity index (χ3v) is 7.14. The van der Waals surface area contributed by atoms with Gasteiger partial charge in [-0.05, 0) is 79.3 Å². The standard InChI is InChI=1S/C30H29FN6O2/c1-3-12-36-17-25(29(39)32-18(2)20-5-4-6-23(31)14-20)24-15-21(9-10-26(24)36)22-11-13-37-27(16-22)33-30(35-37)34-28(38)19-7-8-19/h4-6,9-11,13-19H,3,7-8,12H2,1-2H3,(H,32,39)(H,34,35,38). The number of benzene rings is 2. The first-order chi connectivity index (χ1) is 18.9. The largest absolute Gasteiger partial charge is 0.347 e. The zero-order chi connectivity index (χ0) is 27.1. The minimum Gasteiger partial charge on any atom is -0.347 e. The molecule has 9 heteroatoms. The van der Waals surface area contributed by atoms with Gasteiger partial charge in [-0.15, -0.1) is 5.10 Å². The third kappa shape index (κ3) is 4.99. The van der Waals surface area contributed by atoms with Crippen LogP contribution < -0.4 is 10.6 Å². The molecule has 5 aromatic rings. The first-order valence-electron chi connectivity index (χ1n) is 13.3. The number of anilines is 1. The molecule has 198 valence electrons. The predicted molar refractivity (Wildman–Crippen MR) is 148 cm³/mol. The Morgan fingerprint density at radius 1 is 1.10 bits per heavy atom. The SMILES string of the molecule is CCCn1cc(C(=O)NC(C)c2cccc(F)c2)c2cc(-c3ccn4nc(NC(=O)C5CC5)nc4c3)ccc21. The molecule has 1 aliphatic carbocycles. The Morgan fingerprint density at radius 3 is 2.69 bits per heavy atom. The fourth-order valence-electron chi connectivity index (χ4n) is 4.89. The van der Waals surface area contributed by atoms with E-state index >= 15 is 0 Å². The second-order valence-corrected chi connectivity index (χ2v) is 10.1. The number of amides is 2. The average Bonchev–Trinajstić information content (AvgIpc) is 3.61. The van der Waals surface area contributed by atoms with Crippen molar-refractivity contribution in [2.75, 3.05) is 5.32 Å². The van der Waals surface area contributed by atoms with Crippen molar-refractivity contribution in [3.8, 4) is 11.1 Å². The van der Waals surface area contributed by atoms with Gasteiger partial charge in [0.1, 0.15) is 5.82 Å². The number of aromatic nitrogens is 4. The molecule has 2 aromatic carbocycles. The molecule has 1 unspecified atom stereocenters. The fourth-order valence-corrected chi connectivity index (χ4v) is 4.89. The van der Waals surface area contributed by atoms with Crippen molar-refractivity contribution in [1.29, 1.82) is 0 Å². The van der Waals surface area contributed by atoms with Gasteiger partial charge >= 0.3 is 0 Å². The third-order valence-electron chi connectivity index (χ3n) is 7.14. The lowest BCUT2D eigenvalue weighted by molar-refractivity contribution is -0.117. The van der Waals surface area contributed by atoms with Crippen LogP contribution in [0.5, 0.6) is 0 Å². The maximum Gasteiger partial charge on any atom is 0.253 e. The first kappa shape index (κ1) is 24.8. The number of hydrogen-bond acceptors (Lipinski definition) is 4. The molecule has 8 nitrogen and oxygen atoms in total. The van der Waals surface area contributed by atoms with Gasteiger partial charge in [-0.2, -0.15) is 4.98 Å². The summed E-state index contributed by atoms with van der Waals surface area (Å²) in [5.41, 5.74) is 4.70. The molecular weight excluding hydrogens is 495 g/mol. The van der Waals surface area contributed by atoms with Gasteiger partial charge in [-0.3, -0.25) is 14.9 Å². The minimum absolute atomic E-state index is 0.0364. The van der Waals surface area contributed by atoms with Crippen LogP contribution in [0.1, 0.15) is 55.1 Å². The van der Waals surface area contributed by atoms with Crippen molar-refractivity contribution >= 4 is 34.3 Å². The highest BCUT2D eigenvalue weighted by atomic mass is 19.1. The zero-order valence-corrected chi connectivity index (χ0v) is 21.8. The van der Waals surface area contributed by atoms with Gasteiger partial charge in [-0.1, -0.05) is 25.1 Å². The highest BCUT2D eigenvalue weighted by Crippen LogP contribution is 2.31. The molecular formula is C30H29FN6O2. The van der Waals surface area contributed by atoms with Crippen molar-refractivity contribution in [1.82, 2.24) is 24.5 Å². The molecule has 39 heavy (non-hydrogen) atoms. The van der Waals surface area contributed by atoms with Crippen LogP contribution in [0.3, 0.4) is 0 Å². The number of aryl methyl sites for hydroxylation is 1. The summed E-state index contributed by atoms with van der Waals surface area (Å²) in [4.78, 5) is 30.0. The van der Waals surface area contributed by atoms with Crippen LogP contribution in [0.25, 0.3) is 27.7 Å². The van der Waals surface area contributed by atoms with E-state index in [1.165, 1.54) is 12.1 Å². The highest BCUT2D eigenvalue weighted by Gasteiger charge is 2.30. The average molecular weight is 525 g/mol. The van der Waals surface area contributed by atoms with Gasteiger partial charge in [0.2, 0.25) is 11.9 Å². The molecule has 0 spiro atoms. The minimum atomic E-state index is -0.356. The van der Waals surface area contributed by atoms with E-state index in [9.17, 15) is 14.0 Å². The van der Waals surface area contributed by atoms with E-state index in [0.29, 0.717) is 22.7 Å². The molecule has 1 atom stereocenters. The maximum atomic E-state index is 13.7. The van der Waals surface area contributed by atoms with Gasteiger partial charge in [-0.25, -0.2) is 8.91 Å². The van der Waals surface area contributed by atoms with E-state index in [-0.39, 0.29) is 29.6 Å². The molecule has 0 saturated heterocycles. The maximum absolute atomic E-state index is 13.7. The Morgan fingerprint density at radius 2 is 1.92 bits per heavy atom.